The number of nitrogens with one attached hydrogen (secondary N) is 1. The van der Waals surface area contributed by atoms with E-state index in [1.807, 2.05) is 30.3 Å². The molecule has 0 spiro atoms. The van der Waals surface area contributed by atoms with Crippen molar-refractivity contribution in [3.63, 3.8) is 0 Å². The van der Waals surface area contributed by atoms with Crippen LogP contribution in [0.15, 0.2) is 67.0 Å². The van der Waals surface area contributed by atoms with E-state index < -0.39 is 11.9 Å². The number of carbonyl (C=O) groups is 2. The van der Waals surface area contributed by atoms with Crippen molar-refractivity contribution in [1.29, 1.82) is 0 Å². The zero-order valence-corrected chi connectivity index (χ0v) is 23.3. The van der Waals surface area contributed by atoms with Crippen LogP contribution in [0, 0.1) is 11.8 Å². The van der Waals surface area contributed by atoms with Crippen LogP contribution in [0.3, 0.4) is 0 Å². The van der Waals surface area contributed by atoms with Crippen LogP contribution in [-0.2, 0) is 16.0 Å². The predicted molar refractivity (Wildman–Crippen MR) is 160 cm³/mol. The van der Waals surface area contributed by atoms with Gasteiger partial charge in [-0.1, -0.05) is 24.3 Å². The predicted octanol–water partition coefficient (Wildman–Crippen LogP) is 3.13. The van der Waals surface area contributed by atoms with Gasteiger partial charge in [0.15, 0.2) is 5.82 Å². The van der Waals surface area contributed by atoms with Gasteiger partial charge in [-0.25, -0.2) is 10.00 Å². The molecule has 214 valence electrons. The van der Waals surface area contributed by atoms with E-state index in [0.717, 1.165) is 35.1 Å². The third kappa shape index (κ3) is 6.94. The second-order valence-corrected chi connectivity index (χ2v) is 10.3. The van der Waals surface area contributed by atoms with E-state index in [2.05, 4.69) is 25.6 Å². The summed E-state index contributed by atoms with van der Waals surface area (Å²) in [6.45, 7) is 0.610. The quantitative estimate of drug-likeness (QED) is 0.245. The number of halogens is 1. The topological polar surface area (TPSA) is 183 Å². The number of tetrazole rings is 1. The van der Waals surface area contributed by atoms with Crippen LogP contribution in [-0.4, -0.2) is 50.0 Å². The van der Waals surface area contributed by atoms with Crippen molar-refractivity contribution in [2.24, 2.45) is 23.3 Å². The number of aromatic nitrogens is 5. The molecule has 0 unspecified atom stereocenters. The zero-order chi connectivity index (χ0) is 28.1. The summed E-state index contributed by atoms with van der Waals surface area (Å²) in [7, 11) is 0. The Morgan fingerprint density at radius 1 is 0.951 bits per heavy atom. The number of rotatable bonds is 8. The van der Waals surface area contributed by atoms with Crippen molar-refractivity contribution in [3.8, 4) is 22.5 Å². The van der Waals surface area contributed by atoms with Crippen LogP contribution in [0.1, 0.15) is 31.2 Å². The molecule has 1 aliphatic rings. The van der Waals surface area contributed by atoms with Gasteiger partial charge in [-0.15, -0.1) is 17.5 Å². The van der Waals surface area contributed by atoms with E-state index in [1.54, 1.807) is 36.7 Å². The molecule has 5 rings (SSSR count). The van der Waals surface area contributed by atoms with Gasteiger partial charge in [-0.05, 0) is 96.5 Å². The largest absolute Gasteiger partial charge is 0.397 e. The number of benzene rings is 2. The third-order valence-electron chi connectivity index (χ3n) is 7.53. The summed E-state index contributed by atoms with van der Waals surface area (Å²) in [5, 5.41) is 13.8. The molecule has 0 saturated heterocycles. The number of imide groups is 1. The van der Waals surface area contributed by atoms with Crippen molar-refractivity contribution in [1.82, 2.24) is 25.6 Å². The van der Waals surface area contributed by atoms with E-state index in [9.17, 15) is 9.59 Å². The van der Waals surface area contributed by atoms with Crippen LogP contribution in [0.4, 0.5) is 11.4 Å². The molecule has 2 aromatic carbocycles. The average molecular weight is 576 g/mol. The Balaban J connectivity index is 0.00000387. The highest BCUT2D eigenvalue weighted by Gasteiger charge is 2.35. The number of nitrogens with zero attached hydrogens (tertiary/aromatic N) is 5. The van der Waals surface area contributed by atoms with Crippen LogP contribution < -0.4 is 22.1 Å². The lowest BCUT2D eigenvalue weighted by molar-refractivity contribution is -0.130. The summed E-state index contributed by atoms with van der Waals surface area (Å²) in [4.78, 5) is 33.0. The molecule has 2 amide bonds. The van der Waals surface area contributed by atoms with Gasteiger partial charge in [0.1, 0.15) is 0 Å². The number of carbonyl (C=O) groups excluding carboxylic acids is 2. The van der Waals surface area contributed by atoms with E-state index >= 15 is 0 Å². The van der Waals surface area contributed by atoms with Gasteiger partial charge in [0.05, 0.1) is 17.4 Å². The standard InChI is InChI=1S/C29H33N9O2.ClH/c30-15-19-3-7-22(8-4-19)28(39)38(25-11-9-21(10-12-25)27-34-36-37-35-27)29(40)26(32)13-18-1-5-20(6-2-18)23-14-24(31)17-33-16-23;/h1-2,5-6,9-12,14,16-17,19,22,26H,3-4,7-8,13,15,30-32H2,(H,34,35,36,37);1H/t19-,22-,26-;/m0./s1. The van der Waals surface area contributed by atoms with Gasteiger partial charge in [-0.3, -0.25) is 14.6 Å². The lowest BCUT2D eigenvalue weighted by Gasteiger charge is -2.32. The van der Waals surface area contributed by atoms with Gasteiger partial charge < -0.3 is 17.2 Å². The van der Waals surface area contributed by atoms with Crippen LogP contribution in [0.5, 0.6) is 0 Å². The maximum Gasteiger partial charge on any atom is 0.251 e. The van der Waals surface area contributed by atoms with Crippen molar-refractivity contribution in [3.05, 3.63) is 72.6 Å². The highest BCUT2D eigenvalue weighted by Crippen LogP contribution is 2.32. The number of pyridine rings is 1. The van der Waals surface area contributed by atoms with Gasteiger partial charge in [0.25, 0.3) is 5.91 Å². The zero-order valence-electron chi connectivity index (χ0n) is 22.5. The van der Waals surface area contributed by atoms with E-state index in [0.29, 0.717) is 42.5 Å². The average Bonchev–Trinajstić information content (AvgIpc) is 3.53. The number of hydrogen-bond acceptors (Lipinski definition) is 9. The van der Waals surface area contributed by atoms with Crippen molar-refractivity contribution >= 4 is 35.6 Å². The monoisotopic (exact) mass is 575 g/mol. The van der Waals surface area contributed by atoms with Crippen LogP contribution >= 0.6 is 12.4 Å². The molecule has 2 heterocycles. The molecule has 12 heteroatoms. The Morgan fingerprint density at radius 2 is 1.63 bits per heavy atom. The van der Waals surface area contributed by atoms with E-state index in [4.69, 9.17) is 17.2 Å². The smallest absolute Gasteiger partial charge is 0.251 e. The molecule has 1 fully saturated rings. The highest BCUT2D eigenvalue weighted by molar-refractivity contribution is 6.17. The Hall–Kier alpha value is -4.19. The van der Waals surface area contributed by atoms with Gasteiger partial charge in [0, 0.05) is 29.4 Å². The minimum Gasteiger partial charge on any atom is -0.397 e. The summed E-state index contributed by atoms with van der Waals surface area (Å²) >= 11 is 0. The second kappa shape index (κ2) is 13.4. The van der Waals surface area contributed by atoms with Gasteiger partial charge >= 0.3 is 0 Å². The summed E-state index contributed by atoms with van der Waals surface area (Å²) in [5.74, 6) is -0.0247. The Kier molecular flexibility index (Phi) is 9.77. The van der Waals surface area contributed by atoms with Gasteiger partial charge in [-0.2, -0.15) is 0 Å². The maximum atomic E-state index is 13.8. The number of anilines is 2. The summed E-state index contributed by atoms with van der Waals surface area (Å²) in [5.41, 5.74) is 22.7. The minimum absolute atomic E-state index is 0. The lowest BCUT2D eigenvalue weighted by Crippen LogP contribution is -2.50. The molecule has 0 aliphatic heterocycles. The molecule has 2 aromatic heterocycles. The molecule has 0 bridgehead atoms. The third-order valence-corrected chi connectivity index (χ3v) is 7.53. The Labute approximate surface area is 244 Å². The van der Waals surface area contributed by atoms with E-state index in [-0.39, 0.29) is 30.7 Å². The first-order chi connectivity index (χ1) is 19.4. The number of hydrogen-bond donors (Lipinski definition) is 4. The molecule has 1 saturated carbocycles. The molecule has 4 aromatic rings. The first-order valence-electron chi connectivity index (χ1n) is 13.4. The Morgan fingerprint density at radius 3 is 2.24 bits per heavy atom. The maximum absolute atomic E-state index is 13.8. The second-order valence-electron chi connectivity index (χ2n) is 10.3. The van der Waals surface area contributed by atoms with Gasteiger partial charge in [0.2, 0.25) is 5.91 Å². The molecule has 0 radical (unpaired) electrons. The van der Waals surface area contributed by atoms with Crippen LogP contribution in [0.2, 0.25) is 0 Å². The molecule has 1 atom stereocenters. The summed E-state index contributed by atoms with van der Waals surface area (Å²) in [6, 6.07) is 15.7. The number of nitrogen functional groups attached to an aromatic ring is 1. The molecule has 7 N–H and O–H groups in total. The van der Waals surface area contributed by atoms with E-state index in [1.165, 1.54) is 4.90 Å². The molecular weight excluding hydrogens is 542 g/mol. The van der Waals surface area contributed by atoms with Crippen molar-refractivity contribution in [2.75, 3.05) is 17.2 Å². The molecule has 1 aliphatic carbocycles. The number of H-pyrrole nitrogens is 1. The first-order valence-corrected chi connectivity index (χ1v) is 13.4. The van der Waals surface area contributed by atoms with Crippen molar-refractivity contribution in [2.45, 2.75) is 38.1 Å². The fraction of sp³-hybridized carbons (Fsp3) is 0.310. The summed E-state index contributed by atoms with van der Waals surface area (Å²) < 4.78 is 0. The fourth-order valence-electron chi connectivity index (χ4n) is 5.20. The lowest BCUT2D eigenvalue weighted by atomic mass is 9.81. The number of amides is 2. The fourth-order valence-corrected chi connectivity index (χ4v) is 5.20. The molecule has 11 nitrogen and oxygen atoms in total. The molecule has 41 heavy (non-hydrogen) atoms. The molecular formula is C29H34ClN9O2. The Bertz CT molecular complexity index is 1440. The normalized spacial score (nSPS) is 17.3. The van der Waals surface area contributed by atoms with Crippen molar-refractivity contribution < 1.29 is 9.59 Å². The minimum atomic E-state index is -0.914. The van der Waals surface area contributed by atoms with Crippen LogP contribution in [0.25, 0.3) is 22.5 Å². The number of aromatic amines is 1. The first kappa shape index (κ1) is 29.8. The summed E-state index contributed by atoms with van der Waals surface area (Å²) in [6.07, 6.45) is 6.75. The highest BCUT2D eigenvalue weighted by atomic mass is 35.5. The SMILES string of the molecule is Cl.NC[C@H]1CC[C@H](C(=O)N(C(=O)[C@@H](N)Cc2ccc(-c3cncc(N)c3)cc2)c2ccc(-c3nnn[nH]3)cc2)CC1. The number of nitrogens with two attached hydrogens (primary N) is 3.